The molecule has 0 unspecified atom stereocenters. The van der Waals surface area contributed by atoms with Crippen LogP contribution in [0.3, 0.4) is 0 Å². The monoisotopic (exact) mass is 157 g/mol. The van der Waals surface area contributed by atoms with Crippen molar-refractivity contribution in [3.05, 3.63) is 36.5 Å². The van der Waals surface area contributed by atoms with E-state index in [1.54, 1.807) is 0 Å². The summed E-state index contributed by atoms with van der Waals surface area (Å²) in [4.78, 5) is 4.12. The maximum absolute atomic E-state index is 4.12. The summed E-state index contributed by atoms with van der Waals surface area (Å²) in [7, 11) is 0. The number of rotatable bonds is 0. The molecule has 2 rings (SSSR count). The fourth-order valence-electron chi connectivity index (χ4n) is 0.944. The largest absolute Gasteiger partial charge is 2.00 e. The van der Waals surface area contributed by atoms with Crippen molar-refractivity contribution in [1.29, 1.82) is 0 Å². The summed E-state index contributed by atoms with van der Waals surface area (Å²) < 4.78 is 0. The molecule has 2 aromatic rings. The number of fused-ring (bicyclic) bond motifs is 1. The van der Waals surface area contributed by atoms with Crippen molar-refractivity contribution in [2.45, 2.75) is 0 Å². The van der Waals surface area contributed by atoms with Gasteiger partial charge in [-0.25, -0.2) is 0 Å². The molecule has 0 aliphatic rings. The zero-order valence-electron chi connectivity index (χ0n) is 6.07. The van der Waals surface area contributed by atoms with Crippen LogP contribution in [0.1, 0.15) is 0 Å². The number of nitrogens with zero attached hydrogens (tertiary/aromatic N) is 1. The first kappa shape index (κ1) is 10.5. The maximum Gasteiger partial charge on any atom is 2.00 e. The third-order valence-corrected chi connectivity index (χ3v) is 1.40. The van der Waals surface area contributed by atoms with E-state index in [2.05, 4.69) is 11.1 Å². The summed E-state index contributed by atoms with van der Waals surface area (Å²) in [5.74, 6) is 0. The van der Waals surface area contributed by atoms with Gasteiger partial charge in [-0.15, -0.1) is 5.52 Å². The van der Waals surface area contributed by atoms with E-state index in [0.29, 0.717) is 0 Å². The molecule has 1 aromatic carbocycles. The van der Waals surface area contributed by atoms with Gasteiger partial charge < -0.3 is 10.5 Å². The van der Waals surface area contributed by atoms with Gasteiger partial charge in [0, 0.05) is 0 Å². The first-order valence-corrected chi connectivity index (χ1v) is 2.93. The molecule has 1 aromatic heterocycles. The molecule has 0 spiro atoms. The molecular weight excluding hydrogens is 150 g/mol. The molecule has 0 saturated carbocycles. The van der Waals surface area contributed by atoms with Crippen LogP contribution in [0.5, 0.6) is 0 Å². The van der Waals surface area contributed by atoms with Crippen molar-refractivity contribution in [2.75, 3.05) is 0 Å². The van der Waals surface area contributed by atoms with Gasteiger partial charge >= 0.3 is 23.1 Å². The van der Waals surface area contributed by atoms with Gasteiger partial charge in [0.15, 0.2) is 0 Å². The number of hydrogen-bond donors (Lipinski definition) is 0. The Morgan fingerprint density at radius 2 is 1.73 bits per heavy atom. The van der Waals surface area contributed by atoms with Crippen LogP contribution in [0.2, 0.25) is 0 Å². The van der Waals surface area contributed by atoms with E-state index in [4.69, 9.17) is 0 Å². The Balaban J connectivity index is 0.000000500. The third-order valence-electron chi connectivity index (χ3n) is 1.40. The van der Waals surface area contributed by atoms with E-state index in [0.717, 1.165) is 5.52 Å². The van der Waals surface area contributed by atoms with Crippen molar-refractivity contribution >= 4 is 34.0 Å². The average Bonchev–Trinajstić information content (AvgIpc) is 2.33. The molecule has 1 heterocycles. The van der Waals surface area contributed by atoms with E-state index in [9.17, 15) is 0 Å². The van der Waals surface area contributed by atoms with Gasteiger partial charge in [-0.1, -0.05) is 30.3 Å². The molecule has 0 bridgehead atoms. The molecule has 0 saturated heterocycles. The molecule has 0 fully saturated rings. The molecule has 1 N–H and O–H groups in total. The number of benzene rings is 1. The van der Waals surface area contributed by atoms with Crippen molar-refractivity contribution in [2.24, 2.45) is 0 Å². The second-order valence-electron chi connectivity index (χ2n) is 2.00. The number of aromatic nitrogens is 1. The first-order chi connectivity index (χ1) is 4.47. The predicted octanol–water partition coefficient (Wildman–Crippen LogP) is 1.24. The Hall–Kier alpha value is -0.514. The van der Waals surface area contributed by atoms with E-state index < -0.39 is 0 Å². The van der Waals surface area contributed by atoms with Crippen molar-refractivity contribution in [3.8, 4) is 0 Å². The van der Waals surface area contributed by atoms with Crippen LogP contribution in [0, 0.1) is 0 Å². The molecule has 0 atom stereocenters. The van der Waals surface area contributed by atoms with Gasteiger partial charge in [0.2, 0.25) is 0 Å². The summed E-state index contributed by atoms with van der Waals surface area (Å²) in [6.45, 7) is 0. The second kappa shape index (κ2) is 4.38. The van der Waals surface area contributed by atoms with Crippen molar-refractivity contribution in [1.82, 2.24) is 4.98 Å². The summed E-state index contributed by atoms with van der Waals surface area (Å²) in [5, 5.41) is 1.22. The van der Waals surface area contributed by atoms with Crippen LogP contribution in [-0.4, -0.2) is 28.5 Å². The van der Waals surface area contributed by atoms with Gasteiger partial charge in [0.25, 0.3) is 0 Å². The SMILES string of the molecule is [Mg+2].[OH-].c1ccc2[n-]ccc2c1. The van der Waals surface area contributed by atoms with Crippen LogP contribution >= 0.6 is 0 Å². The molecule has 0 aliphatic carbocycles. The minimum atomic E-state index is 0. The standard InChI is InChI=1S/C8H6N.Mg.H2O/c1-2-4-8-7(3-1)5-6-9-8;;/h1-6H;;1H2/q-1;+2;/p-1. The van der Waals surface area contributed by atoms with Gasteiger partial charge in [0.1, 0.15) is 0 Å². The molecular formula is C8H7MgNO. The Morgan fingerprint density at radius 3 is 2.45 bits per heavy atom. The van der Waals surface area contributed by atoms with Crippen LogP contribution < -0.4 is 4.98 Å². The summed E-state index contributed by atoms with van der Waals surface area (Å²) in [6, 6.07) is 10.1. The Morgan fingerprint density at radius 1 is 1.00 bits per heavy atom. The van der Waals surface area contributed by atoms with Gasteiger partial charge in [-0.05, 0) is 5.39 Å². The van der Waals surface area contributed by atoms with Crippen molar-refractivity contribution < 1.29 is 5.48 Å². The summed E-state index contributed by atoms with van der Waals surface area (Å²) in [5.41, 5.74) is 1.08. The van der Waals surface area contributed by atoms with Gasteiger partial charge in [0.05, 0.1) is 0 Å². The Bertz CT molecular complexity index is 288. The Kier molecular flexibility index (Phi) is 4.18. The quantitative estimate of drug-likeness (QED) is 0.540. The Labute approximate surface area is 81.1 Å². The first-order valence-electron chi connectivity index (χ1n) is 2.93. The molecule has 52 valence electrons. The molecule has 11 heavy (non-hydrogen) atoms. The maximum atomic E-state index is 4.12. The molecule has 0 aliphatic heterocycles. The van der Waals surface area contributed by atoms with E-state index >= 15 is 0 Å². The zero-order valence-corrected chi connectivity index (χ0v) is 7.48. The smallest absolute Gasteiger partial charge is 0.870 e. The fourth-order valence-corrected chi connectivity index (χ4v) is 0.944. The predicted molar refractivity (Wildman–Crippen MR) is 45.0 cm³/mol. The normalized spacial score (nSPS) is 8.36. The average molecular weight is 157 g/mol. The zero-order chi connectivity index (χ0) is 6.10. The van der Waals surface area contributed by atoms with Crippen LogP contribution in [0.25, 0.3) is 10.9 Å². The van der Waals surface area contributed by atoms with E-state index in [1.165, 1.54) is 5.39 Å². The van der Waals surface area contributed by atoms with E-state index in [-0.39, 0.29) is 28.5 Å². The number of hydrogen-bond acceptors (Lipinski definition) is 1. The topological polar surface area (TPSA) is 44.1 Å². The molecule has 3 heteroatoms. The van der Waals surface area contributed by atoms with Crippen LogP contribution in [-0.2, 0) is 0 Å². The summed E-state index contributed by atoms with van der Waals surface area (Å²) in [6.07, 6.45) is 1.82. The summed E-state index contributed by atoms with van der Waals surface area (Å²) >= 11 is 0. The van der Waals surface area contributed by atoms with Gasteiger partial charge in [-0.2, -0.15) is 6.20 Å². The van der Waals surface area contributed by atoms with Gasteiger partial charge in [-0.3, -0.25) is 0 Å². The molecule has 0 radical (unpaired) electrons. The fraction of sp³-hybridized carbons (Fsp3) is 0. The number of para-hydroxylation sites is 1. The minimum Gasteiger partial charge on any atom is -0.870 e. The van der Waals surface area contributed by atoms with Crippen LogP contribution in [0.4, 0.5) is 0 Å². The van der Waals surface area contributed by atoms with Crippen molar-refractivity contribution in [3.63, 3.8) is 0 Å². The third kappa shape index (κ3) is 1.96. The molecule has 2 nitrogen and oxygen atoms in total. The second-order valence-corrected chi connectivity index (χ2v) is 2.00. The van der Waals surface area contributed by atoms with E-state index in [1.807, 2.05) is 30.5 Å². The minimum absolute atomic E-state index is 0. The van der Waals surface area contributed by atoms with Crippen LogP contribution in [0.15, 0.2) is 36.5 Å². The molecule has 0 amide bonds.